The number of hydrogen-bond acceptors (Lipinski definition) is 6. The number of benzene rings is 2. The van der Waals surface area contributed by atoms with Gasteiger partial charge in [0, 0.05) is 11.3 Å². The van der Waals surface area contributed by atoms with E-state index in [1.807, 2.05) is 0 Å². The highest BCUT2D eigenvalue weighted by molar-refractivity contribution is 5.81. The molecule has 34 heavy (non-hydrogen) atoms. The van der Waals surface area contributed by atoms with Gasteiger partial charge in [0.1, 0.15) is 17.0 Å². The Bertz CT molecular complexity index is 1550. The first-order chi connectivity index (χ1) is 16.3. The van der Waals surface area contributed by atoms with Crippen LogP contribution in [-0.2, 0) is 6.18 Å². The van der Waals surface area contributed by atoms with Gasteiger partial charge in [0.05, 0.1) is 12.7 Å². The van der Waals surface area contributed by atoms with Crippen molar-refractivity contribution < 1.29 is 22.3 Å². The van der Waals surface area contributed by atoms with Crippen LogP contribution in [0.2, 0.25) is 0 Å². The molecule has 0 bridgehead atoms. The van der Waals surface area contributed by atoms with E-state index >= 15 is 0 Å². The molecule has 0 aliphatic carbocycles. The molecule has 3 heterocycles. The predicted molar refractivity (Wildman–Crippen MR) is 116 cm³/mol. The second-order valence-electron chi connectivity index (χ2n) is 7.42. The quantitative estimate of drug-likeness (QED) is 0.410. The predicted octanol–water partition coefficient (Wildman–Crippen LogP) is 4.74. The molecule has 3 aromatic heterocycles. The summed E-state index contributed by atoms with van der Waals surface area (Å²) in [4.78, 5) is 16.1. The van der Waals surface area contributed by atoms with Gasteiger partial charge in [0.15, 0.2) is 5.69 Å². The van der Waals surface area contributed by atoms with Crippen molar-refractivity contribution in [1.29, 1.82) is 0 Å². The first kappa shape index (κ1) is 21.4. The van der Waals surface area contributed by atoms with Crippen molar-refractivity contribution in [2.45, 2.75) is 13.1 Å². The van der Waals surface area contributed by atoms with Crippen LogP contribution in [0, 0.1) is 6.92 Å². The van der Waals surface area contributed by atoms with E-state index in [9.17, 15) is 18.0 Å². The third kappa shape index (κ3) is 3.51. The summed E-state index contributed by atoms with van der Waals surface area (Å²) in [5.74, 6) is 0.629. The van der Waals surface area contributed by atoms with Gasteiger partial charge in [-0.3, -0.25) is 4.79 Å². The molecular weight excluding hydrogens is 451 g/mol. The zero-order valence-electron chi connectivity index (χ0n) is 17.8. The SMILES string of the molecule is COc1ccc(-c2nnc(-c3c(C)[nH]c4c(-c5ccccc5)c(C(F)(F)F)nn4c3=O)o2)cc1. The Hall–Kier alpha value is -4.41. The van der Waals surface area contributed by atoms with Gasteiger partial charge in [0.25, 0.3) is 11.4 Å². The molecule has 0 aliphatic heterocycles. The topological polar surface area (TPSA) is 98.3 Å². The molecule has 0 saturated heterocycles. The number of nitrogens with zero attached hydrogens (tertiary/aromatic N) is 4. The van der Waals surface area contributed by atoms with Gasteiger partial charge in [-0.25, -0.2) is 0 Å². The molecule has 1 N–H and O–H groups in total. The molecule has 0 amide bonds. The lowest BCUT2D eigenvalue weighted by molar-refractivity contribution is -0.140. The maximum Gasteiger partial charge on any atom is 0.435 e. The monoisotopic (exact) mass is 467 g/mol. The van der Waals surface area contributed by atoms with Crippen molar-refractivity contribution in [3.8, 4) is 39.8 Å². The van der Waals surface area contributed by atoms with Crippen LogP contribution in [0.15, 0.2) is 63.8 Å². The normalized spacial score (nSPS) is 11.8. The summed E-state index contributed by atoms with van der Waals surface area (Å²) in [5, 5.41) is 11.5. The third-order valence-corrected chi connectivity index (χ3v) is 5.28. The maximum atomic E-state index is 13.8. The first-order valence-corrected chi connectivity index (χ1v) is 10.0. The highest BCUT2D eigenvalue weighted by Crippen LogP contribution is 2.38. The Morgan fingerprint density at radius 3 is 2.26 bits per heavy atom. The van der Waals surface area contributed by atoms with Crippen LogP contribution in [-0.4, -0.2) is 31.9 Å². The van der Waals surface area contributed by atoms with Gasteiger partial charge in [-0.1, -0.05) is 30.3 Å². The van der Waals surface area contributed by atoms with Gasteiger partial charge < -0.3 is 14.1 Å². The molecule has 0 atom stereocenters. The largest absolute Gasteiger partial charge is 0.497 e. The molecule has 8 nitrogen and oxygen atoms in total. The molecule has 0 radical (unpaired) electrons. The first-order valence-electron chi connectivity index (χ1n) is 10.0. The zero-order valence-corrected chi connectivity index (χ0v) is 17.8. The molecule has 2 aromatic carbocycles. The lowest BCUT2D eigenvalue weighted by atomic mass is 10.1. The Morgan fingerprint density at radius 2 is 1.62 bits per heavy atom. The smallest absolute Gasteiger partial charge is 0.435 e. The number of aryl methyl sites for hydroxylation is 1. The maximum absolute atomic E-state index is 13.8. The lowest BCUT2D eigenvalue weighted by Gasteiger charge is -2.07. The van der Waals surface area contributed by atoms with Gasteiger partial charge in [-0.05, 0) is 36.8 Å². The molecule has 0 spiro atoms. The molecule has 0 aliphatic rings. The van der Waals surface area contributed by atoms with Gasteiger partial charge >= 0.3 is 6.18 Å². The van der Waals surface area contributed by atoms with Crippen molar-refractivity contribution in [3.63, 3.8) is 0 Å². The molecule has 0 saturated carbocycles. The average Bonchev–Trinajstić information content (AvgIpc) is 3.45. The summed E-state index contributed by atoms with van der Waals surface area (Å²) in [6.07, 6.45) is -4.78. The van der Waals surface area contributed by atoms with Crippen LogP contribution in [0.4, 0.5) is 13.2 Å². The number of fused-ring (bicyclic) bond motifs is 1. The van der Waals surface area contributed by atoms with E-state index in [-0.39, 0.29) is 39.8 Å². The lowest BCUT2D eigenvalue weighted by Crippen LogP contribution is -2.20. The van der Waals surface area contributed by atoms with E-state index in [1.54, 1.807) is 49.4 Å². The van der Waals surface area contributed by atoms with Crippen LogP contribution in [0.3, 0.4) is 0 Å². The minimum atomic E-state index is -4.78. The summed E-state index contributed by atoms with van der Waals surface area (Å²) >= 11 is 0. The number of H-pyrrole nitrogens is 1. The van der Waals surface area contributed by atoms with Gasteiger partial charge in [-0.15, -0.1) is 10.2 Å². The number of ether oxygens (including phenoxy) is 1. The Balaban J connectivity index is 1.69. The summed E-state index contributed by atoms with van der Waals surface area (Å²) in [6.45, 7) is 1.54. The summed E-state index contributed by atoms with van der Waals surface area (Å²) < 4.78 is 53.0. The van der Waals surface area contributed by atoms with Crippen molar-refractivity contribution in [1.82, 2.24) is 24.8 Å². The number of halogens is 3. The minimum Gasteiger partial charge on any atom is -0.497 e. The van der Waals surface area contributed by atoms with Crippen molar-refractivity contribution in [3.05, 3.63) is 76.3 Å². The fourth-order valence-corrected chi connectivity index (χ4v) is 3.69. The standard InChI is InChI=1S/C23H16F3N5O3/c1-12-16(21-29-28-20(34-21)14-8-10-15(33-2)11-9-14)22(32)31-19(27-12)17(13-6-4-3-5-7-13)18(30-31)23(24,25)26/h3-11,27H,1-2H3. The Morgan fingerprint density at radius 1 is 0.941 bits per heavy atom. The zero-order chi connectivity index (χ0) is 24.0. The number of nitrogens with one attached hydrogen (secondary N) is 1. The molecule has 172 valence electrons. The highest BCUT2D eigenvalue weighted by Gasteiger charge is 2.39. The molecule has 0 unspecified atom stereocenters. The van der Waals surface area contributed by atoms with Crippen molar-refractivity contribution >= 4 is 5.65 Å². The van der Waals surface area contributed by atoms with E-state index in [0.29, 0.717) is 15.8 Å². The number of aromatic amines is 1. The highest BCUT2D eigenvalue weighted by atomic mass is 19.4. The van der Waals surface area contributed by atoms with Gasteiger partial charge in [-0.2, -0.15) is 22.8 Å². The molecule has 0 fully saturated rings. The van der Waals surface area contributed by atoms with E-state index < -0.39 is 17.4 Å². The van der Waals surface area contributed by atoms with Gasteiger partial charge in [0.2, 0.25) is 5.89 Å². The van der Waals surface area contributed by atoms with E-state index in [0.717, 1.165) is 0 Å². The van der Waals surface area contributed by atoms with Crippen molar-refractivity contribution in [2.24, 2.45) is 0 Å². The number of aromatic nitrogens is 5. The molecule has 11 heteroatoms. The second kappa shape index (κ2) is 7.87. The average molecular weight is 467 g/mol. The summed E-state index contributed by atoms with van der Waals surface area (Å²) in [7, 11) is 1.54. The molecular formula is C23H16F3N5O3. The fourth-order valence-electron chi connectivity index (χ4n) is 3.69. The molecule has 5 aromatic rings. The van der Waals surface area contributed by atoms with Crippen molar-refractivity contribution in [2.75, 3.05) is 7.11 Å². The second-order valence-corrected chi connectivity index (χ2v) is 7.42. The van der Waals surface area contributed by atoms with Crippen LogP contribution >= 0.6 is 0 Å². The number of methoxy groups -OCH3 is 1. The summed E-state index contributed by atoms with van der Waals surface area (Å²) in [6, 6.07) is 14.8. The van der Waals surface area contributed by atoms with Crippen LogP contribution < -0.4 is 10.3 Å². The third-order valence-electron chi connectivity index (χ3n) is 5.28. The number of hydrogen-bond donors (Lipinski definition) is 1. The summed E-state index contributed by atoms with van der Waals surface area (Å²) in [5.41, 5.74) is -1.25. The van der Waals surface area contributed by atoms with E-state index in [4.69, 9.17) is 9.15 Å². The van der Waals surface area contributed by atoms with Crippen LogP contribution in [0.1, 0.15) is 11.4 Å². The number of rotatable bonds is 4. The van der Waals surface area contributed by atoms with Crippen LogP contribution in [0.25, 0.3) is 39.7 Å². The van der Waals surface area contributed by atoms with E-state index in [2.05, 4.69) is 20.3 Å². The number of alkyl halides is 3. The van der Waals surface area contributed by atoms with Crippen LogP contribution in [0.5, 0.6) is 5.75 Å². The fraction of sp³-hybridized carbons (Fsp3) is 0.130. The molecule has 5 rings (SSSR count). The van der Waals surface area contributed by atoms with E-state index in [1.165, 1.54) is 19.2 Å². The Kier molecular flexibility index (Phi) is 4.96. The minimum absolute atomic E-state index is 0.0735. The Labute approximate surface area is 189 Å².